The molecular weight excluding hydrogens is 364 g/mol. The van der Waals surface area contributed by atoms with Crippen molar-refractivity contribution >= 4 is 11.8 Å². The summed E-state index contributed by atoms with van der Waals surface area (Å²) >= 11 is 0. The Hall–Kier alpha value is -1.36. The molecule has 0 aromatic rings. The Labute approximate surface area is 174 Å². The Morgan fingerprint density at radius 2 is 1.93 bits per heavy atom. The van der Waals surface area contributed by atoms with Crippen molar-refractivity contribution in [2.75, 3.05) is 20.1 Å². The van der Waals surface area contributed by atoms with E-state index in [-0.39, 0.29) is 28.6 Å². The van der Waals surface area contributed by atoms with Crippen LogP contribution in [0, 0.1) is 34.5 Å². The van der Waals surface area contributed by atoms with Crippen LogP contribution in [0.1, 0.15) is 65.2 Å². The van der Waals surface area contributed by atoms with Crippen molar-refractivity contribution in [1.82, 2.24) is 9.80 Å². The first-order valence-electron chi connectivity index (χ1n) is 11.7. The first kappa shape index (κ1) is 19.6. The average Bonchev–Trinajstić information content (AvgIpc) is 3.32. The smallest absolute Gasteiger partial charge is 0.226 e. The van der Waals surface area contributed by atoms with Gasteiger partial charge in [0.15, 0.2) is 0 Å². The lowest BCUT2D eigenvalue weighted by Gasteiger charge is -2.60. The number of allylic oxidation sites excluding steroid dienone is 2. The molecule has 7 atom stereocenters. The Balaban J connectivity index is 1.47. The number of rotatable bonds is 1. The standard InChI is InChI=1S/C24H36N2O3/c1-23-11-10-20(28)25(3)19(23)9-6-15-16-7-8-17(22(29)26-12-4-5-13-26)24(16,2)14-18(27)21(15)23/h9,15-18,21,27H,4-8,10-14H2,1-3H3/t15?,16?,17-,18+,21?,23+,24+/m1/s1. The molecule has 2 saturated heterocycles. The highest BCUT2D eigenvalue weighted by Crippen LogP contribution is 2.66. The van der Waals surface area contributed by atoms with Crippen LogP contribution >= 0.6 is 0 Å². The lowest BCUT2D eigenvalue weighted by molar-refractivity contribution is -0.155. The molecule has 4 fully saturated rings. The predicted octanol–water partition coefficient (Wildman–Crippen LogP) is 3.18. The van der Waals surface area contributed by atoms with Crippen molar-refractivity contribution in [1.29, 1.82) is 0 Å². The molecule has 2 amide bonds. The van der Waals surface area contributed by atoms with Crippen molar-refractivity contribution in [3.63, 3.8) is 0 Å². The van der Waals surface area contributed by atoms with Crippen LogP contribution in [0.25, 0.3) is 0 Å². The van der Waals surface area contributed by atoms with E-state index in [0.29, 0.717) is 24.2 Å². The van der Waals surface area contributed by atoms with Gasteiger partial charge in [0.05, 0.1) is 6.10 Å². The van der Waals surface area contributed by atoms with E-state index >= 15 is 0 Å². The van der Waals surface area contributed by atoms with Gasteiger partial charge in [0.25, 0.3) is 0 Å². The zero-order chi connectivity index (χ0) is 20.6. The summed E-state index contributed by atoms with van der Waals surface area (Å²) in [6.45, 7) is 6.39. The van der Waals surface area contributed by atoms with Gasteiger partial charge in [-0.05, 0) is 68.1 Å². The Morgan fingerprint density at radius 1 is 1.21 bits per heavy atom. The van der Waals surface area contributed by atoms with Gasteiger partial charge in [-0.15, -0.1) is 0 Å². The number of aliphatic hydroxyl groups is 1. The van der Waals surface area contributed by atoms with Crippen molar-refractivity contribution in [3.05, 3.63) is 11.8 Å². The molecule has 160 valence electrons. The Bertz CT molecular complexity index is 757. The van der Waals surface area contributed by atoms with Crippen LogP contribution in [-0.4, -0.2) is 53.0 Å². The third kappa shape index (κ3) is 2.62. The maximum absolute atomic E-state index is 13.3. The summed E-state index contributed by atoms with van der Waals surface area (Å²) < 4.78 is 0. The van der Waals surface area contributed by atoms with Crippen LogP contribution < -0.4 is 0 Å². The quantitative estimate of drug-likeness (QED) is 0.735. The summed E-state index contributed by atoms with van der Waals surface area (Å²) in [4.78, 5) is 29.5. The van der Waals surface area contributed by atoms with Gasteiger partial charge in [0, 0.05) is 43.6 Å². The molecule has 2 aliphatic heterocycles. The van der Waals surface area contributed by atoms with Crippen LogP contribution in [0.5, 0.6) is 0 Å². The van der Waals surface area contributed by atoms with E-state index in [1.807, 2.05) is 11.9 Å². The number of carbonyl (C=O) groups excluding carboxylic acids is 2. The molecular formula is C24H36N2O3. The van der Waals surface area contributed by atoms with Crippen LogP contribution in [0.15, 0.2) is 11.8 Å². The van der Waals surface area contributed by atoms with E-state index in [0.717, 1.165) is 63.7 Å². The molecule has 0 aromatic heterocycles. The van der Waals surface area contributed by atoms with E-state index < -0.39 is 6.10 Å². The second-order valence-corrected chi connectivity index (χ2v) is 10.9. The third-order valence-electron chi connectivity index (χ3n) is 9.66. The van der Waals surface area contributed by atoms with Crippen molar-refractivity contribution in [2.45, 2.75) is 71.3 Å². The zero-order valence-electron chi connectivity index (χ0n) is 18.2. The summed E-state index contributed by atoms with van der Waals surface area (Å²) in [7, 11) is 1.89. The second kappa shape index (κ2) is 6.57. The number of hydrogen-bond acceptors (Lipinski definition) is 3. The molecule has 0 radical (unpaired) electrons. The molecule has 1 N–H and O–H groups in total. The monoisotopic (exact) mass is 400 g/mol. The summed E-state index contributed by atoms with van der Waals surface area (Å²) in [5.74, 6) is 1.70. The highest BCUT2D eigenvalue weighted by molar-refractivity contribution is 5.81. The number of piperidine rings is 1. The van der Waals surface area contributed by atoms with Crippen LogP contribution in [0.3, 0.4) is 0 Å². The molecule has 5 nitrogen and oxygen atoms in total. The van der Waals surface area contributed by atoms with E-state index in [1.54, 1.807) is 0 Å². The molecule has 0 spiro atoms. The molecule has 5 rings (SSSR count). The largest absolute Gasteiger partial charge is 0.393 e. The molecule has 2 saturated carbocycles. The zero-order valence-corrected chi connectivity index (χ0v) is 18.2. The van der Waals surface area contributed by atoms with Gasteiger partial charge in [0.2, 0.25) is 11.8 Å². The van der Waals surface area contributed by atoms with Gasteiger partial charge in [-0.3, -0.25) is 9.59 Å². The van der Waals surface area contributed by atoms with Gasteiger partial charge in [-0.1, -0.05) is 19.9 Å². The van der Waals surface area contributed by atoms with Gasteiger partial charge in [-0.2, -0.15) is 0 Å². The summed E-state index contributed by atoms with van der Waals surface area (Å²) in [5.41, 5.74) is 0.891. The van der Waals surface area contributed by atoms with Gasteiger partial charge in [-0.25, -0.2) is 0 Å². The van der Waals surface area contributed by atoms with Crippen molar-refractivity contribution < 1.29 is 14.7 Å². The SMILES string of the molecule is CN1C(=O)CC[C@@]2(C)C1=CCC1C2[C@@H](O)C[C@@]2(C)C1CC[C@@H]2C(=O)N1CCCC1. The highest BCUT2D eigenvalue weighted by atomic mass is 16.3. The molecule has 5 aliphatic rings. The predicted molar refractivity (Wildman–Crippen MR) is 111 cm³/mol. The van der Waals surface area contributed by atoms with Gasteiger partial charge in [0.1, 0.15) is 0 Å². The van der Waals surface area contributed by atoms with Crippen molar-refractivity contribution in [2.24, 2.45) is 34.5 Å². The molecule has 29 heavy (non-hydrogen) atoms. The first-order chi connectivity index (χ1) is 13.8. The Morgan fingerprint density at radius 3 is 2.66 bits per heavy atom. The maximum Gasteiger partial charge on any atom is 0.226 e. The van der Waals surface area contributed by atoms with E-state index in [2.05, 4.69) is 24.8 Å². The van der Waals surface area contributed by atoms with E-state index in [9.17, 15) is 14.7 Å². The number of fused-ring (bicyclic) bond motifs is 5. The molecule has 0 bridgehead atoms. The minimum absolute atomic E-state index is 0.0648. The second-order valence-electron chi connectivity index (χ2n) is 10.9. The van der Waals surface area contributed by atoms with Crippen LogP contribution in [-0.2, 0) is 9.59 Å². The molecule has 3 unspecified atom stereocenters. The lowest BCUT2D eigenvalue weighted by atomic mass is 9.48. The summed E-state index contributed by atoms with van der Waals surface area (Å²) in [6, 6.07) is 0. The summed E-state index contributed by atoms with van der Waals surface area (Å²) in [6.07, 6.45) is 9.27. The lowest BCUT2D eigenvalue weighted by Crippen LogP contribution is -2.59. The average molecular weight is 401 g/mol. The van der Waals surface area contributed by atoms with E-state index in [4.69, 9.17) is 0 Å². The third-order valence-corrected chi connectivity index (χ3v) is 9.66. The molecule has 5 heteroatoms. The molecule has 3 aliphatic carbocycles. The minimum Gasteiger partial charge on any atom is -0.393 e. The fraction of sp³-hybridized carbons (Fsp3) is 0.833. The van der Waals surface area contributed by atoms with Crippen LogP contribution in [0.2, 0.25) is 0 Å². The topological polar surface area (TPSA) is 60.9 Å². The highest BCUT2D eigenvalue weighted by Gasteiger charge is 2.63. The van der Waals surface area contributed by atoms with Gasteiger partial charge >= 0.3 is 0 Å². The minimum atomic E-state index is -0.400. The molecule has 0 aromatic carbocycles. The van der Waals surface area contributed by atoms with Crippen molar-refractivity contribution in [3.8, 4) is 0 Å². The maximum atomic E-state index is 13.3. The first-order valence-corrected chi connectivity index (χ1v) is 11.7. The number of aliphatic hydroxyl groups excluding tert-OH is 1. The summed E-state index contributed by atoms with van der Waals surface area (Å²) in [5, 5.41) is 11.5. The number of amides is 2. The fourth-order valence-corrected chi connectivity index (χ4v) is 8.28. The number of likely N-dealkylation sites (tertiary alicyclic amines) is 2. The number of nitrogens with zero attached hydrogens (tertiary/aromatic N) is 2. The van der Waals surface area contributed by atoms with E-state index in [1.165, 1.54) is 0 Å². The molecule has 2 heterocycles. The van der Waals surface area contributed by atoms with Crippen LogP contribution in [0.4, 0.5) is 0 Å². The normalized spacial score (nSPS) is 46.8. The Kier molecular flexibility index (Phi) is 4.44. The van der Waals surface area contributed by atoms with Gasteiger partial charge < -0.3 is 14.9 Å². The number of carbonyl (C=O) groups is 2. The fourth-order valence-electron chi connectivity index (χ4n) is 8.28. The number of hydrogen-bond donors (Lipinski definition) is 1.